The largest absolute Gasteiger partial charge is 0.508 e. The van der Waals surface area contributed by atoms with Crippen molar-refractivity contribution in [3.8, 4) is 5.75 Å². The van der Waals surface area contributed by atoms with E-state index in [2.05, 4.69) is 10.6 Å². The van der Waals surface area contributed by atoms with Crippen LogP contribution >= 0.6 is 11.8 Å². The standard InChI is InChI=1S/C33H37N3O6S/c1-19-22(14-9-15-25(19)37)30(40)34-24(16-20-10-5-4-6-11-20)28(39)32(42)36-18-43-33(2,3)29(36)31(41)35-27-23-13-8-7-12-21(23)17-26(27)38/h4-15,24,26-29,37-39H,16-18H2,1-3H3,(H,34,40)(H,35,41)/t24-,26+,27-,28-,29+/m0/s1. The molecule has 0 aromatic heterocycles. The number of nitrogens with one attached hydrogen (secondary N) is 2. The Morgan fingerprint density at radius 2 is 1.72 bits per heavy atom. The summed E-state index contributed by atoms with van der Waals surface area (Å²) in [6.07, 6.45) is -1.88. The normalized spacial score (nSPS) is 22.0. The number of nitrogens with zero attached hydrogens (tertiary/aromatic N) is 1. The minimum atomic E-state index is -1.66. The molecule has 10 heteroatoms. The number of rotatable bonds is 8. The monoisotopic (exact) mass is 603 g/mol. The third-order valence-electron chi connectivity index (χ3n) is 8.38. The van der Waals surface area contributed by atoms with Crippen molar-refractivity contribution in [2.24, 2.45) is 0 Å². The number of phenols is 1. The molecule has 2 aliphatic rings. The first kappa shape index (κ1) is 30.6. The first-order chi connectivity index (χ1) is 20.5. The zero-order valence-corrected chi connectivity index (χ0v) is 25.2. The molecule has 0 radical (unpaired) electrons. The van der Waals surface area contributed by atoms with Crippen LogP contribution in [0.3, 0.4) is 0 Å². The Balaban J connectivity index is 1.39. The molecule has 43 heavy (non-hydrogen) atoms. The topological polar surface area (TPSA) is 139 Å². The first-order valence-corrected chi connectivity index (χ1v) is 15.3. The molecule has 1 aliphatic heterocycles. The van der Waals surface area contributed by atoms with Gasteiger partial charge in [-0.3, -0.25) is 14.4 Å². The van der Waals surface area contributed by atoms with Crippen LogP contribution in [-0.4, -0.2) is 72.9 Å². The van der Waals surface area contributed by atoms with Gasteiger partial charge < -0.3 is 30.9 Å². The molecule has 5 rings (SSSR count). The van der Waals surface area contributed by atoms with Crippen molar-refractivity contribution in [1.82, 2.24) is 15.5 Å². The van der Waals surface area contributed by atoms with Gasteiger partial charge in [-0.15, -0.1) is 11.8 Å². The fraction of sp³-hybridized carbons (Fsp3) is 0.364. The summed E-state index contributed by atoms with van der Waals surface area (Å²) in [6.45, 7) is 5.35. The van der Waals surface area contributed by atoms with Gasteiger partial charge >= 0.3 is 0 Å². The second-order valence-electron chi connectivity index (χ2n) is 11.7. The van der Waals surface area contributed by atoms with Crippen LogP contribution in [0.4, 0.5) is 0 Å². The van der Waals surface area contributed by atoms with Gasteiger partial charge in [0.2, 0.25) is 5.91 Å². The van der Waals surface area contributed by atoms with Gasteiger partial charge in [-0.25, -0.2) is 0 Å². The number of aliphatic hydroxyl groups is 2. The van der Waals surface area contributed by atoms with E-state index in [1.165, 1.54) is 22.7 Å². The number of phenolic OH excluding ortho intramolecular Hbond substituents is 1. The fourth-order valence-electron chi connectivity index (χ4n) is 5.96. The molecular formula is C33H37N3O6S. The summed E-state index contributed by atoms with van der Waals surface area (Å²) in [7, 11) is 0. The number of benzene rings is 3. The SMILES string of the molecule is Cc1c(O)cccc1C(=O)N[C@@H](Cc1ccccc1)[C@H](O)C(=O)N1CSC(C)(C)[C@H]1C(=O)N[C@H]1c2ccccc2C[C@H]1O. The lowest BCUT2D eigenvalue weighted by molar-refractivity contribution is -0.147. The van der Waals surface area contributed by atoms with Crippen LogP contribution in [-0.2, 0) is 22.4 Å². The molecule has 0 bridgehead atoms. The van der Waals surface area contributed by atoms with Crippen molar-refractivity contribution in [2.75, 3.05) is 5.88 Å². The second-order valence-corrected chi connectivity index (χ2v) is 13.3. The molecule has 3 aromatic carbocycles. The summed E-state index contributed by atoms with van der Waals surface area (Å²) in [4.78, 5) is 42.4. The average Bonchev–Trinajstić information content (AvgIpc) is 3.48. The van der Waals surface area contributed by atoms with Crippen LogP contribution in [0.2, 0.25) is 0 Å². The Labute approximate surface area is 255 Å². The average molecular weight is 604 g/mol. The molecule has 3 aromatic rings. The second kappa shape index (κ2) is 12.4. The summed E-state index contributed by atoms with van der Waals surface area (Å²) in [5.41, 5.74) is 3.21. The Kier molecular flexibility index (Phi) is 8.82. The van der Waals surface area contributed by atoms with Crippen LogP contribution < -0.4 is 10.6 Å². The van der Waals surface area contributed by atoms with Crippen molar-refractivity contribution in [3.05, 3.63) is 101 Å². The number of aromatic hydroxyl groups is 1. The highest BCUT2D eigenvalue weighted by Gasteiger charge is 2.50. The highest BCUT2D eigenvalue weighted by atomic mass is 32.2. The van der Waals surface area contributed by atoms with Crippen molar-refractivity contribution in [3.63, 3.8) is 0 Å². The van der Waals surface area contributed by atoms with Crippen LogP contribution in [0, 0.1) is 6.92 Å². The van der Waals surface area contributed by atoms with Gasteiger partial charge in [0.15, 0.2) is 6.10 Å². The molecule has 0 unspecified atom stereocenters. The predicted octanol–water partition coefficient (Wildman–Crippen LogP) is 2.86. The van der Waals surface area contributed by atoms with Gasteiger partial charge in [0, 0.05) is 22.3 Å². The number of amides is 3. The summed E-state index contributed by atoms with van der Waals surface area (Å²) in [5, 5.41) is 38.1. The van der Waals surface area contributed by atoms with Crippen molar-refractivity contribution >= 4 is 29.5 Å². The van der Waals surface area contributed by atoms with E-state index in [0.717, 1.165) is 16.7 Å². The summed E-state index contributed by atoms with van der Waals surface area (Å²) in [5.74, 6) is -1.51. The molecule has 1 saturated heterocycles. The Hall–Kier alpha value is -3.86. The van der Waals surface area contributed by atoms with Gasteiger partial charge in [0.05, 0.1) is 24.1 Å². The lowest BCUT2D eigenvalue weighted by atomic mass is 9.96. The van der Waals surface area contributed by atoms with E-state index >= 15 is 0 Å². The van der Waals surface area contributed by atoms with E-state index in [0.29, 0.717) is 12.0 Å². The highest BCUT2D eigenvalue weighted by molar-refractivity contribution is 8.00. The maximum absolute atomic E-state index is 14.0. The summed E-state index contributed by atoms with van der Waals surface area (Å²) >= 11 is 1.42. The summed E-state index contributed by atoms with van der Waals surface area (Å²) < 4.78 is -0.681. The quantitative estimate of drug-likeness (QED) is 0.267. The minimum Gasteiger partial charge on any atom is -0.508 e. The molecule has 9 nitrogen and oxygen atoms in total. The van der Waals surface area contributed by atoms with Gasteiger partial charge in [-0.2, -0.15) is 0 Å². The number of hydrogen-bond donors (Lipinski definition) is 5. The van der Waals surface area contributed by atoms with E-state index in [9.17, 15) is 29.7 Å². The maximum Gasteiger partial charge on any atom is 0.254 e. The lowest BCUT2D eigenvalue weighted by Crippen LogP contribution is -2.59. The molecule has 5 N–H and O–H groups in total. The van der Waals surface area contributed by atoms with Gasteiger partial charge in [-0.1, -0.05) is 60.7 Å². The van der Waals surface area contributed by atoms with Crippen molar-refractivity contribution in [1.29, 1.82) is 0 Å². The molecule has 1 aliphatic carbocycles. The molecule has 0 spiro atoms. The van der Waals surface area contributed by atoms with Crippen LogP contribution in [0.25, 0.3) is 0 Å². The number of aliphatic hydroxyl groups excluding tert-OH is 2. The number of fused-ring (bicyclic) bond motifs is 1. The van der Waals surface area contributed by atoms with E-state index in [1.807, 2.05) is 68.4 Å². The maximum atomic E-state index is 14.0. The van der Waals surface area contributed by atoms with Crippen LogP contribution in [0.15, 0.2) is 72.8 Å². The third kappa shape index (κ3) is 6.27. The van der Waals surface area contributed by atoms with Crippen LogP contribution in [0.1, 0.15) is 52.5 Å². The van der Waals surface area contributed by atoms with E-state index < -0.39 is 52.8 Å². The van der Waals surface area contributed by atoms with E-state index in [-0.39, 0.29) is 23.6 Å². The zero-order chi connectivity index (χ0) is 30.9. The number of hydrogen-bond acceptors (Lipinski definition) is 7. The van der Waals surface area contributed by atoms with Gasteiger partial charge in [-0.05, 0) is 56.0 Å². The Morgan fingerprint density at radius 3 is 2.47 bits per heavy atom. The Morgan fingerprint density at radius 1 is 1.02 bits per heavy atom. The lowest BCUT2D eigenvalue weighted by Gasteiger charge is -2.34. The molecular weight excluding hydrogens is 566 g/mol. The predicted molar refractivity (Wildman–Crippen MR) is 164 cm³/mol. The molecule has 1 fully saturated rings. The van der Waals surface area contributed by atoms with E-state index in [4.69, 9.17) is 0 Å². The number of carbonyl (C=O) groups is 3. The van der Waals surface area contributed by atoms with Crippen LogP contribution in [0.5, 0.6) is 5.75 Å². The molecule has 0 saturated carbocycles. The molecule has 5 atom stereocenters. The summed E-state index contributed by atoms with van der Waals surface area (Å²) in [6, 6.07) is 18.8. The fourth-order valence-corrected chi connectivity index (χ4v) is 7.10. The third-order valence-corrected chi connectivity index (χ3v) is 9.75. The van der Waals surface area contributed by atoms with Crippen molar-refractivity contribution < 1.29 is 29.7 Å². The molecule has 226 valence electrons. The Bertz CT molecular complexity index is 1510. The smallest absolute Gasteiger partial charge is 0.254 e. The number of thioether (sulfide) groups is 1. The molecule has 3 amide bonds. The first-order valence-electron chi connectivity index (χ1n) is 14.3. The molecule has 1 heterocycles. The highest BCUT2D eigenvalue weighted by Crippen LogP contribution is 2.41. The van der Waals surface area contributed by atoms with Gasteiger partial charge in [0.25, 0.3) is 11.8 Å². The minimum absolute atomic E-state index is 0.0379. The van der Waals surface area contributed by atoms with Crippen molar-refractivity contribution in [2.45, 2.75) is 68.7 Å². The van der Waals surface area contributed by atoms with E-state index in [1.54, 1.807) is 19.1 Å². The number of carbonyl (C=O) groups excluding carboxylic acids is 3. The van der Waals surface area contributed by atoms with Gasteiger partial charge in [0.1, 0.15) is 11.8 Å². The zero-order valence-electron chi connectivity index (χ0n) is 24.4.